The van der Waals surface area contributed by atoms with Crippen molar-refractivity contribution in [1.82, 2.24) is 0 Å². The van der Waals surface area contributed by atoms with E-state index in [0.717, 1.165) is 17.0 Å². The van der Waals surface area contributed by atoms with Crippen molar-refractivity contribution in [3.63, 3.8) is 0 Å². The van der Waals surface area contributed by atoms with Gasteiger partial charge in [0.15, 0.2) is 0 Å². The lowest BCUT2D eigenvalue weighted by atomic mass is 9.95. The van der Waals surface area contributed by atoms with Crippen LogP contribution in [0.15, 0.2) is 29.3 Å². The number of hydrogen-bond acceptors (Lipinski definition) is 3. The van der Waals surface area contributed by atoms with E-state index in [0.29, 0.717) is 6.61 Å². The van der Waals surface area contributed by atoms with Gasteiger partial charge in [-0.1, -0.05) is 12.1 Å². The Morgan fingerprint density at radius 1 is 1.24 bits per heavy atom. The van der Waals surface area contributed by atoms with Crippen molar-refractivity contribution in [3.8, 4) is 0 Å². The largest absolute Gasteiger partial charge is 0.475 e. The Morgan fingerprint density at radius 3 is 2.24 bits per heavy atom. The standard InChI is InChI=1S/C14H20N2O/c1-13(2)9-17-12(16-13)10-5-7-11(8-6-10)14(3,4)15/h5-8H,9,15H2,1-4H3. The van der Waals surface area contributed by atoms with Crippen molar-refractivity contribution >= 4 is 5.90 Å². The fraction of sp³-hybridized carbons (Fsp3) is 0.500. The second kappa shape index (κ2) is 3.84. The summed E-state index contributed by atoms with van der Waals surface area (Å²) in [7, 11) is 0. The minimum Gasteiger partial charge on any atom is -0.475 e. The smallest absolute Gasteiger partial charge is 0.216 e. The second-order valence-corrected chi connectivity index (χ2v) is 5.82. The van der Waals surface area contributed by atoms with E-state index in [9.17, 15) is 0 Å². The van der Waals surface area contributed by atoms with E-state index in [1.807, 2.05) is 38.1 Å². The van der Waals surface area contributed by atoms with Crippen molar-refractivity contribution in [2.75, 3.05) is 6.61 Å². The van der Waals surface area contributed by atoms with Gasteiger partial charge in [-0.2, -0.15) is 0 Å². The molecule has 0 atom stereocenters. The van der Waals surface area contributed by atoms with Crippen molar-refractivity contribution < 1.29 is 4.74 Å². The number of ether oxygens (including phenoxy) is 1. The van der Waals surface area contributed by atoms with Crippen LogP contribution in [0.3, 0.4) is 0 Å². The van der Waals surface area contributed by atoms with Crippen molar-refractivity contribution in [2.24, 2.45) is 10.7 Å². The van der Waals surface area contributed by atoms with Crippen LogP contribution in [0.5, 0.6) is 0 Å². The van der Waals surface area contributed by atoms with Crippen molar-refractivity contribution in [2.45, 2.75) is 38.8 Å². The Morgan fingerprint density at radius 2 is 1.82 bits per heavy atom. The zero-order valence-electron chi connectivity index (χ0n) is 10.9. The van der Waals surface area contributed by atoms with Crippen LogP contribution in [0.4, 0.5) is 0 Å². The summed E-state index contributed by atoms with van der Waals surface area (Å²) in [6.45, 7) is 8.77. The lowest BCUT2D eigenvalue weighted by Crippen LogP contribution is -2.28. The zero-order valence-corrected chi connectivity index (χ0v) is 10.9. The highest BCUT2D eigenvalue weighted by molar-refractivity contribution is 5.95. The van der Waals surface area contributed by atoms with E-state index < -0.39 is 0 Å². The van der Waals surface area contributed by atoms with Crippen LogP contribution in [-0.2, 0) is 10.3 Å². The minimum absolute atomic E-state index is 0.110. The summed E-state index contributed by atoms with van der Waals surface area (Å²) in [5.74, 6) is 0.733. The second-order valence-electron chi connectivity index (χ2n) is 5.82. The molecule has 0 aromatic heterocycles. The first-order valence-corrected chi connectivity index (χ1v) is 5.90. The molecule has 1 aliphatic rings. The highest BCUT2D eigenvalue weighted by atomic mass is 16.5. The Kier molecular flexibility index (Phi) is 2.74. The molecule has 0 saturated heterocycles. The van der Waals surface area contributed by atoms with Gasteiger partial charge in [0.1, 0.15) is 6.61 Å². The minimum atomic E-state index is -0.309. The molecule has 1 aromatic rings. The van der Waals surface area contributed by atoms with Crippen molar-refractivity contribution in [1.29, 1.82) is 0 Å². The van der Waals surface area contributed by atoms with Crippen LogP contribution < -0.4 is 5.73 Å². The molecule has 0 saturated carbocycles. The molecule has 0 unspecified atom stereocenters. The molecule has 1 aliphatic heterocycles. The first-order valence-electron chi connectivity index (χ1n) is 5.90. The number of benzene rings is 1. The summed E-state index contributed by atoms with van der Waals surface area (Å²) in [5, 5.41) is 0. The maximum absolute atomic E-state index is 6.04. The summed E-state index contributed by atoms with van der Waals surface area (Å²) in [6, 6.07) is 8.10. The molecule has 17 heavy (non-hydrogen) atoms. The summed E-state index contributed by atoms with van der Waals surface area (Å²) in [6.07, 6.45) is 0. The molecule has 0 fully saturated rings. The fourth-order valence-electron chi connectivity index (χ4n) is 1.77. The van der Waals surface area contributed by atoms with Gasteiger partial charge in [-0.05, 0) is 45.4 Å². The van der Waals surface area contributed by atoms with Gasteiger partial charge in [0.2, 0.25) is 5.90 Å². The molecule has 1 aromatic carbocycles. The molecule has 3 heteroatoms. The monoisotopic (exact) mass is 232 g/mol. The molecular weight excluding hydrogens is 212 g/mol. The topological polar surface area (TPSA) is 47.6 Å². The third-order valence-corrected chi connectivity index (χ3v) is 2.84. The Hall–Kier alpha value is -1.35. The van der Waals surface area contributed by atoms with Gasteiger partial charge in [0.25, 0.3) is 0 Å². The molecule has 0 amide bonds. The molecule has 2 rings (SSSR count). The highest BCUT2D eigenvalue weighted by Gasteiger charge is 2.27. The quantitative estimate of drug-likeness (QED) is 0.851. The van der Waals surface area contributed by atoms with Crippen LogP contribution in [0.1, 0.15) is 38.8 Å². The molecule has 2 N–H and O–H groups in total. The van der Waals surface area contributed by atoms with Crippen LogP contribution >= 0.6 is 0 Å². The zero-order chi connectivity index (χ0) is 12.7. The maximum Gasteiger partial charge on any atom is 0.216 e. The average Bonchev–Trinajstić information content (AvgIpc) is 2.58. The van der Waals surface area contributed by atoms with E-state index in [2.05, 4.69) is 18.8 Å². The van der Waals surface area contributed by atoms with Gasteiger partial charge in [-0.3, -0.25) is 0 Å². The van der Waals surface area contributed by atoms with Crippen LogP contribution in [0.2, 0.25) is 0 Å². The predicted octanol–water partition coefficient (Wildman–Crippen LogP) is 2.44. The lowest BCUT2D eigenvalue weighted by Gasteiger charge is -2.19. The third-order valence-electron chi connectivity index (χ3n) is 2.84. The van der Waals surface area contributed by atoms with E-state index in [-0.39, 0.29) is 11.1 Å². The fourth-order valence-corrected chi connectivity index (χ4v) is 1.77. The summed E-state index contributed by atoms with van der Waals surface area (Å²) < 4.78 is 5.60. The van der Waals surface area contributed by atoms with Gasteiger partial charge in [-0.15, -0.1) is 0 Å². The first kappa shape index (κ1) is 12.1. The Labute approximate surface area is 103 Å². The normalized spacial score (nSPS) is 18.8. The van der Waals surface area contributed by atoms with Gasteiger partial charge in [-0.25, -0.2) is 4.99 Å². The lowest BCUT2D eigenvalue weighted by molar-refractivity contribution is 0.279. The number of nitrogens with zero attached hydrogens (tertiary/aromatic N) is 1. The van der Waals surface area contributed by atoms with Crippen LogP contribution in [-0.4, -0.2) is 18.0 Å². The average molecular weight is 232 g/mol. The third kappa shape index (κ3) is 2.67. The number of nitrogens with two attached hydrogens (primary N) is 1. The molecule has 92 valence electrons. The molecule has 1 heterocycles. The van der Waals surface area contributed by atoms with E-state index in [1.165, 1.54) is 0 Å². The molecule has 0 radical (unpaired) electrons. The first-order chi connectivity index (χ1) is 7.78. The van der Waals surface area contributed by atoms with Gasteiger partial charge in [0.05, 0.1) is 5.54 Å². The van der Waals surface area contributed by atoms with Gasteiger partial charge in [0, 0.05) is 11.1 Å². The predicted molar refractivity (Wildman–Crippen MR) is 70.2 cm³/mol. The molecule has 0 spiro atoms. The highest BCUT2D eigenvalue weighted by Crippen LogP contribution is 2.22. The van der Waals surface area contributed by atoms with E-state index >= 15 is 0 Å². The SMILES string of the molecule is CC1(C)COC(c2ccc(C(C)(C)N)cc2)=N1. The van der Waals surface area contributed by atoms with Gasteiger partial charge >= 0.3 is 0 Å². The molecule has 0 bridgehead atoms. The molecular formula is C14H20N2O. The maximum atomic E-state index is 6.04. The number of aliphatic imine (C=N–C) groups is 1. The number of hydrogen-bond donors (Lipinski definition) is 1. The number of rotatable bonds is 2. The van der Waals surface area contributed by atoms with E-state index in [1.54, 1.807) is 0 Å². The molecule has 0 aliphatic carbocycles. The summed E-state index contributed by atoms with van der Waals surface area (Å²) >= 11 is 0. The van der Waals surface area contributed by atoms with Gasteiger partial charge < -0.3 is 10.5 Å². The summed E-state index contributed by atoms with van der Waals surface area (Å²) in [4.78, 5) is 4.55. The Bertz CT molecular complexity index is 438. The molecule has 3 nitrogen and oxygen atoms in total. The summed E-state index contributed by atoms with van der Waals surface area (Å²) in [5.41, 5.74) is 7.75. The Balaban J connectivity index is 2.26. The van der Waals surface area contributed by atoms with E-state index in [4.69, 9.17) is 10.5 Å². The van der Waals surface area contributed by atoms with Crippen LogP contribution in [0.25, 0.3) is 0 Å². The van der Waals surface area contributed by atoms with Crippen LogP contribution in [0, 0.1) is 0 Å². The van der Waals surface area contributed by atoms with Crippen molar-refractivity contribution in [3.05, 3.63) is 35.4 Å².